The highest BCUT2D eigenvalue weighted by molar-refractivity contribution is 5.71. The molecule has 0 aromatic carbocycles. The Morgan fingerprint density at radius 2 is 2.05 bits per heavy atom. The summed E-state index contributed by atoms with van der Waals surface area (Å²) in [6.45, 7) is 4.36. The van der Waals surface area contributed by atoms with Crippen molar-refractivity contribution in [3.8, 4) is 0 Å². The lowest BCUT2D eigenvalue weighted by molar-refractivity contribution is 0.299. The van der Waals surface area contributed by atoms with Gasteiger partial charge in [-0.15, -0.1) is 0 Å². The predicted molar refractivity (Wildman–Crippen MR) is 82.8 cm³/mol. The van der Waals surface area contributed by atoms with Crippen molar-refractivity contribution in [2.45, 2.75) is 64.7 Å². The monoisotopic (exact) mass is 271 g/mol. The van der Waals surface area contributed by atoms with E-state index in [4.69, 9.17) is 4.98 Å². The van der Waals surface area contributed by atoms with Crippen molar-refractivity contribution in [3.63, 3.8) is 0 Å². The Kier molecular flexibility index (Phi) is 4.04. The van der Waals surface area contributed by atoms with Crippen LogP contribution >= 0.6 is 0 Å². The van der Waals surface area contributed by atoms with Crippen LogP contribution in [0.3, 0.4) is 0 Å². The summed E-state index contributed by atoms with van der Waals surface area (Å²) in [5, 5.41) is 0. The van der Waals surface area contributed by atoms with E-state index < -0.39 is 0 Å². The number of rotatable bonds is 4. The lowest BCUT2D eigenvalue weighted by atomic mass is 9.79. The number of H-pyrrole nitrogens is 1. The first kappa shape index (κ1) is 13.6. The first-order valence-electron chi connectivity index (χ1n) is 8.08. The molecule has 0 saturated heterocycles. The fourth-order valence-corrected chi connectivity index (χ4v) is 3.43. The molecule has 3 heteroatoms. The van der Waals surface area contributed by atoms with E-state index in [1.165, 1.54) is 50.5 Å². The predicted octanol–water partition coefficient (Wildman–Crippen LogP) is 4.73. The molecular weight excluding hydrogens is 246 g/mol. The van der Waals surface area contributed by atoms with Crippen LogP contribution in [0.4, 0.5) is 0 Å². The highest BCUT2D eigenvalue weighted by Crippen LogP contribution is 2.37. The van der Waals surface area contributed by atoms with Crippen molar-refractivity contribution in [3.05, 3.63) is 23.7 Å². The molecule has 1 aliphatic carbocycles. The highest BCUT2D eigenvalue weighted by Gasteiger charge is 2.24. The van der Waals surface area contributed by atoms with Gasteiger partial charge in [0.05, 0.1) is 5.52 Å². The number of pyridine rings is 1. The quantitative estimate of drug-likeness (QED) is 0.873. The molecular formula is C17H25N3. The number of fused-ring (bicyclic) bond motifs is 1. The Bertz CT molecular complexity index is 565. The molecule has 3 nitrogen and oxygen atoms in total. The third kappa shape index (κ3) is 2.87. The van der Waals surface area contributed by atoms with Gasteiger partial charge in [-0.05, 0) is 50.2 Å². The smallest absolute Gasteiger partial charge is 0.177 e. The molecule has 0 bridgehead atoms. The van der Waals surface area contributed by atoms with Crippen LogP contribution in [0.2, 0.25) is 0 Å². The van der Waals surface area contributed by atoms with E-state index in [0.717, 1.165) is 22.9 Å². The van der Waals surface area contributed by atoms with E-state index in [1.54, 1.807) is 0 Å². The third-order valence-corrected chi connectivity index (χ3v) is 4.69. The Morgan fingerprint density at radius 1 is 1.25 bits per heavy atom. The summed E-state index contributed by atoms with van der Waals surface area (Å²) in [4.78, 5) is 12.6. The van der Waals surface area contributed by atoms with Gasteiger partial charge in [0.2, 0.25) is 0 Å². The van der Waals surface area contributed by atoms with Gasteiger partial charge in [0.1, 0.15) is 5.82 Å². The Hall–Kier alpha value is -1.38. The second kappa shape index (κ2) is 5.94. The molecule has 2 aromatic heterocycles. The van der Waals surface area contributed by atoms with Crippen LogP contribution in [0.15, 0.2) is 12.3 Å². The molecule has 3 rings (SSSR count). The second-order valence-corrected chi connectivity index (χ2v) is 6.37. The topological polar surface area (TPSA) is 41.6 Å². The lowest BCUT2D eigenvalue weighted by Crippen LogP contribution is -2.14. The van der Waals surface area contributed by atoms with Gasteiger partial charge in [0.25, 0.3) is 0 Å². The lowest BCUT2D eigenvalue weighted by Gasteiger charge is -2.27. The summed E-state index contributed by atoms with van der Waals surface area (Å²) in [6, 6.07) is 2.14. The fraction of sp³-hybridized carbons (Fsp3) is 0.647. The van der Waals surface area contributed by atoms with Gasteiger partial charge in [0, 0.05) is 12.1 Å². The number of aromatic amines is 1. The average Bonchev–Trinajstić information content (AvgIpc) is 2.88. The van der Waals surface area contributed by atoms with E-state index in [9.17, 15) is 0 Å². The van der Waals surface area contributed by atoms with E-state index in [0.29, 0.717) is 5.92 Å². The number of nitrogens with zero attached hydrogens (tertiary/aromatic N) is 2. The van der Waals surface area contributed by atoms with Crippen LogP contribution in [0.5, 0.6) is 0 Å². The number of aromatic nitrogens is 3. The minimum absolute atomic E-state index is 0.613. The van der Waals surface area contributed by atoms with Crippen molar-refractivity contribution < 1.29 is 0 Å². The minimum Gasteiger partial charge on any atom is -0.340 e. The molecule has 0 spiro atoms. The third-order valence-electron chi connectivity index (χ3n) is 4.69. The Morgan fingerprint density at radius 3 is 2.80 bits per heavy atom. The molecule has 1 fully saturated rings. The molecule has 0 amide bonds. The maximum absolute atomic E-state index is 4.70. The molecule has 0 unspecified atom stereocenters. The summed E-state index contributed by atoms with van der Waals surface area (Å²) in [6.07, 6.45) is 11.3. The molecule has 1 N–H and O–H groups in total. The summed E-state index contributed by atoms with van der Waals surface area (Å²) in [5.41, 5.74) is 3.16. The van der Waals surface area contributed by atoms with Crippen LogP contribution in [-0.2, 0) is 0 Å². The largest absolute Gasteiger partial charge is 0.340 e. The van der Waals surface area contributed by atoms with Gasteiger partial charge < -0.3 is 4.98 Å². The first-order valence-corrected chi connectivity index (χ1v) is 8.08. The van der Waals surface area contributed by atoms with E-state index >= 15 is 0 Å². The van der Waals surface area contributed by atoms with Gasteiger partial charge in [-0.1, -0.05) is 26.2 Å². The maximum Gasteiger partial charge on any atom is 0.177 e. The number of hydrogen-bond donors (Lipinski definition) is 1. The number of hydrogen-bond acceptors (Lipinski definition) is 2. The van der Waals surface area contributed by atoms with Crippen LogP contribution < -0.4 is 0 Å². The molecule has 1 saturated carbocycles. The minimum atomic E-state index is 0.613. The van der Waals surface area contributed by atoms with Gasteiger partial charge in [-0.25, -0.2) is 9.97 Å². The summed E-state index contributed by atoms with van der Waals surface area (Å²) in [5.74, 6) is 2.73. The van der Waals surface area contributed by atoms with Crippen molar-refractivity contribution in [2.24, 2.45) is 5.92 Å². The SMILES string of the molecule is CCCCC1CCC(c2nc3ncc(C)cc3[nH]2)CC1. The first-order chi connectivity index (χ1) is 9.76. The summed E-state index contributed by atoms with van der Waals surface area (Å²) >= 11 is 0. The molecule has 0 aliphatic heterocycles. The van der Waals surface area contributed by atoms with Crippen LogP contribution in [0, 0.1) is 12.8 Å². The van der Waals surface area contributed by atoms with Gasteiger partial charge in [0.15, 0.2) is 5.65 Å². The van der Waals surface area contributed by atoms with Gasteiger partial charge in [-0.3, -0.25) is 0 Å². The van der Waals surface area contributed by atoms with Crippen molar-refractivity contribution in [1.29, 1.82) is 0 Å². The zero-order chi connectivity index (χ0) is 13.9. The molecule has 20 heavy (non-hydrogen) atoms. The Labute approximate surface area is 121 Å². The van der Waals surface area contributed by atoms with Crippen molar-refractivity contribution >= 4 is 11.2 Å². The van der Waals surface area contributed by atoms with Crippen LogP contribution in [0.1, 0.15) is 69.2 Å². The molecule has 0 radical (unpaired) electrons. The molecule has 2 heterocycles. The van der Waals surface area contributed by atoms with Crippen molar-refractivity contribution in [1.82, 2.24) is 15.0 Å². The normalized spacial score (nSPS) is 23.3. The molecule has 108 valence electrons. The summed E-state index contributed by atoms with van der Waals surface area (Å²) in [7, 11) is 0. The average molecular weight is 271 g/mol. The van der Waals surface area contributed by atoms with E-state index in [-0.39, 0.29) is 0 Å². The summed E-state index contributed by atoms with van der Waals surface area (Å²) < 4.78 is 0. The van der Waals surface area contributed by atoms with Crippen molar-refractivity contribution in [2.75, 3.05) is 0 Å². The second-order valence-electron chi connectivity index (χ2n) is 6.37. The Balaban J connectivity index is 1.67. The van der Waals surface area contributed by atoms with Gasteiger partial charge >= 0.3 is 0 Å². The van der Waals surface area contributed by atoms with Gasteiger partial charge in [-0.2, -0.15) is 0 Å². The highest BCUT2D eigenvalue weighted by atomic mass is 15.0. The molecule has 1 aliphatic rings. The number of unbranched alkanes of at least 4 members (excludes halogenated alkanes) is 1. The fourth-order valence-electron chi connectivity index (χ4n) is 3.43. The van der Waals surface area contributed by atoms with Crippen LogP contribution in [0.25, 0.3) is 11.2 Å². The van der Waals surface area contributed by atoms with E-state index in [1.807, 2.05) is 6.20 Å². The van der Waals surface area contributed by atoms with Crippen LogP contribution in [-0.4, -0.2) is 15.0 Å². The zero-order valence-corrected chi connectivity index (χ0v) is 12.7. The number of imidazole rings is 1. The molecule has 0 atom stereocenters. The van der Waals surface area contributed by atoms with E-state index in [2.05, 4.69) is 29.9 Å². The zero-order valence-electron chi connectivity index (χ0n) is 12.7. The maximum atomic E-state index is 4.70. The number of aryl methyl sites for hydroxylation is 1. The number of nitrogens with one attached hydrogen (secondary N) is 1. The molecule has 2 aromatic rings. The standard InChI is InChI=1S/C17H25N3/c1-3-4-5-13-6-8-14(9-7-13)16-19-15-10-12(2)11-18-17(15)20-16/h10-11,13-14H,3-9H2,1-2H3,(H,18,19,20).